The van der Waals surface area contributed by atoms with Crippen molar-refractivity contribution < 1.29 is 12.8 Å². The smallest absolute Gasteiger partial charge is 0.242 e. The highest BCUT2D eigenvalue weighted by Gasteiger charge is 2.34. The number of anilines is 1. The molecule has 0 bridgehead atoms. The average Bonchev–Trinajstić information content (AvgIpc) is 2.88. The molecule has 5 nitrogen and oxygen atoms in total. The minimum absolute atomic E-state index is 0.0715. The highest BCUT2D eigenvalue weighted by molar-refractivity contribution is 7.89. The summed E-state index contributed by atoms with van der Waals surface area (Å²) in [6.45, 7) is 2.03. The number of nitrogens with one attached hydrogen (secondary N) is 1. The zero-order chi connectivity index (χ0) is 15.0. The molecule has 1 aromatic rings. The number of hydrogen-bond donors (Lipinski definition) is 2. The number of benzene rings is 1. The summed E-state index contributed by atoms with van der Waals surface area (Å²) < 4.78 is 40.8. The minimum atomic E-state index is -3.78. The summed E-state index contributed by atoms with van der Waals surface area (Å²) in [6.07, 6.45) is 3.90. The van der Waals surface area contributed by atoms with E-state index in [1.165, 1.54) is 12.5 Å². The molecule has 3 rings (SSSR count). The largest absolute Gasteiger partial charge is 0.398 e. The van der Waals surface area contributed by atoms with Crippen LogP contribution in [0.3, 0.4) is 0 Å². The molecule has 21 heavy (non-hydrogen) atoms. The summed E-state index contributed by atoms with van der Waals surface area (Å²) in [7, 11) is -3.78. The Balaban J connectivity index is 1.75. The lowest BCUT2D eigenvalue weighted by atomic mass is 9.99. The van der Waals surface area contributed by atoms with Gasteiger partial charge in [-0.05, 0) is 57.0 Å². The number of sulfonamides is 1. The van der Waals surface area contributed by atoms with Gasteiger partial charge >= 0.3 is 0 Å². The molecular formula is C14H20FN3O2S. The second kappa shape index (κ2) is 5.55. The third-order valence-corrected chi connectivity index (χ3v) is 5.98. The van der Waals surface area contributed by atoms with Crippen molar-refractivity contribution >= 4 is 15.7 Å². The molecule has 0 aliphatic carbocycles. The van der Waals surface area contributed by atoms with Crippen LogP contribution >= 0.6 is 0 Å². The van der Waals surface area contributed by atoms with Gasteiger partial charge in [0.25, 0.3) is 0 Å². The summed E-state index contributed by atoms with van der Waals surface area (Å²) >= 11 is 0. The molecule has 2 fully saturated rings. The van der Waals surface area contributed by atoms with E-state index in [-0.39, 0.29) is 16.6 Å². The van der Waals surface area contributed by atoms with Gasteiger partial charge in [0.15, 0.2) is 0 Å². The maximum absolute atomic E-state index is 13.3. The van der Waals surface area contributed by atoms with Crippen LogP contribution in [0.25, 0.3) is 0 Å². The number of halogens is 1. The standard InChI is InChI=1S/C14H20FN3O2S/c15-10-3-4-13(16)14(8-10)21(19,20)17-11-5-7-18-6-1-2-12(18)9-11/h3-4,8,11-12,17H,1-2,5-7,9,16H2. The Labute approximate surface area is 124 Å². The number of nitrogen functional groups attached to an aromatic ring is 1. The predicted molar refractivity (Wildman–Crippen MR) is 78.8 cm³/mol. The van der Waals surface area contributed by atoms with Gasteiger partial charge < -0.3 is 10.6 Å². The lowest BCUT2D eigenvalue weighted by Gasteiger charge is -2.35. The number of piperidine rings is 1. The molecule has 0 amide bonds. The maximum atomic E-state index is 13.3. The van der Waals surface area contributed by atoms with E-state index >= 15 is 0 Å². The van der Waals surface area contributed by atoms with Gasteiger partial charge in [-0.3, -0.25) is 0 Å². The van der Waals surface area contributed by atoms with Crippen LogP contribution in [0.5, 0.6) is 0 Å². The highest BCUT2D eigenvalue weighted by atomic mass is 32.2. The SMILES string of the molecule is Nc1ccc(F)cc1S(=O)(=O)NC1CCN2CCCC2C1. The zero-order valence-electron chi connectivity index (χ0n) is 11.8. The van der Waals surface area contributed by atoms with Crippen LogP contribution in [0, 0.1) is 5.82 Å². The molecule has 2 saturated heterocycles. The Morgan fingerprint density at radius 2 is 2.10 bits per heavy atom. The maximum Gasteiger partial charge on any atom is 0.242 e. The Morgan fingerprint density at radius 3 is 2.90 bits per heavy atom. The van der Waals surface area contributed by atoms with Crippen molar-refractivity contribution in [2.45, 2.75) is 42.7 Å². The second-order valence-corrected chi connectivity index (χ2v) is 7.54. The summed E-state index contributed by atoms with van der Waals surface area (Å²) in [6, 6.07) is 3.78. The van der Waals surface area contributed by atoms with Gasteiger partial charge in [0.05, 0.1) is 5.69 Å². The number of fused-ring (bicyclic) bond motifs is 1. The lowest BCUT2D eigenvalue weighted by molar-refractivity contribution is 0.176. The van der Waals surface area contributed by atoms with Gasteiger partial charge in [0.1, 0.15) is 10.7 Å². The molecule has 2 aliphatic rings. The summed E-state index contributed by atoms with van der Waals surface area (Å²) in [4.78, 5) is 2.25. The molecule has 3 N–H and O–H groups in total. The first-order valence-corrected chi connectivity index (χ1v) is 8.75. The molecule has 116 valence electrons. The van der Waals surface area contributed by atoms with Crippen molar-refractivity contribution in [3.8, 4) is 0 Å². The van der Waals surface area contributed by atoms with Gasteiger partial charge in [-0.15, -0.1) is 0 Å². The van der Waals surface area contributed by atoms with E-state index in [1.54, 1.807) is 0 Å². The molecule has 7 heteroatoms. The van der Waals surface area contributed by atoms with E-state index in [0.29, 0.717) is 6.04 Å². The molecular weight excluding hydrogens is 293 g/mol. The summed E-state index contributed by atoms with van der Waals surface area (Å²) in [5.74, 6) is -0.602. The van der Waals surface area contributed by atoms with E-state index in [4.69, 9.17) is 5.73 Å². The minimum Gasteiger partial charge on any atom is -0.398 e. The molecule has 1 aromatic carbocycles. The Morgan fingerprint density at radius 1 is 1.29 bits per heavy atom. The zero-order valence-corrected chi connectivity index (χ0v) is 12.6. The fourth-order valence-electron chi connectivity index (χ4n) is 3.36. The lowest BCUT2D eigenvalue weighted by Crippen LogP contribution is -2.47. The first-order chi connectivity index (χ1) is 9.95. The van der Waals surface area contributed by atoms with E-state index in [1.807, 2.05) is 0 Å². The van der Waals surface area contributed by atoms with Gasteiger partial charge in [-0.2, -0.15) is 0 Å². The molecule has 2 aliphatic heterocycles. The monoisotopic (exact) mass is 313 g/mol. The van der Waals surface area contributed by atoms with Crippen LogP contribution in [0.2, 0.25) is 0 Å². The van der Waals surface area contributed by atoms with Crippen LogP contribution in [-0.4, -0.2) is 38.5 Å². The predicted octanol–water partition coefficient (Wildman–Crippen LogP) is 1.31. The first-order valence-electron chi connectivity index (χ1n) is 7.27. The Kier molecular flexibility index (Phi) is 3.90. The number of rotatable bonds is 3. The third-order valence-electron chi connectivity index (χ3n) is 4.41. The Hall–Kier alpha value is -1.18. The van der Waals surface area contributed by atoms with E-state index < -0.39 is 15.8 Å². The molecule has 0 radical (unpaired) electrons. The van der Waals surface area contributed by atoms with Gasteiger partial charge in [0.2, 0.25) is 10.0 Å². The molecule has 0 aromatic heterocycles. The van der Waals surface area contributed by atoms with E-state index in [2.05, 4.69) is 9.62 Å². The number of hydrogen-bond acceptors (Lipinski definition) is 4. The van der Waals surface area contributed by atoms with Gasteiger partial charge in [0, 0.05) is 12.1 Å². The molecule has 2 unspecified atom stereocenters. The molecule has 0 saturated carbocycles. The second-order valence-electron chi connectivity index (χ2n) is 5.86. The van der Waals surface area contributed by atoms with Crippen molar-refractivity contribution in [3.63, 3.8) is 0 Å². The van der Waals surface area contributed by atoms with E-state index in [9.17, 15) is 12.8 Å². The topological polar surface area (TPSA) is 75.4 Å². The Bertz CT molecular complexity index is 635. The fourth-order valence-corrected chi connectivity index (χ4v) is 4.78. The third kappa shape index (κ3) is 3.04. The molecule has 0 spiro atoms. The van der Waals surface area contributed by atoms with Crippen molar-refractivity contribution in [1.29, 1.82) is 0 Å². The van der Waals surface area contributed by atoms with Crippen LogP contribution in [0.4, 0.5) is 10.1 Å². The van der Waals surface area contributed by atoms with Gasteiger partial charge in [-0.1, -0.05) is 0 Å². The van der Waals surface area contributed by atoms with Crippen LogP contribution in [0.15, 0.2) is 23.1 Å². The van der Waals surface area contributed by atoms with Crippen LogP contribution in [0.1, 0.15) is 25.7 Å². The van der Waals surface area contributed by atoms with Crippen molar-refractivity contribution in [1.82, 2.24) is 9.62 Å². The molecule has 2 heterocycles. The molecule has 2 atom stereocenters. The van der Waals surface area contributed by atoms with E-state index in [0.717, 1.165) is 44.5 Å². The average molecular weight is 313 g/mol. The first kappa shape index (κ1) is 14.7. The number of nitrogens with two attached hydrogens (primary N) is 1. The van der Waals surface area contributed by atoms with Gasteiger partial charge in [-0.25, -0.2) is 17.5 Å². The van der Waals surface area contributed by atoms with Crippen LogP contribution < -0.4 is 10.5 Å². The highest BCUT2D eigenvalue weighted by Crippen LogP contribution is 2.28. The van der Waals surface area contributed by atoms with Crippen molar-refractivity contribution in [2.75, 3.05) is 18.8 Å². The normalized spacial score (nSPS) is 26.7. The van der Waals surface area contributed by atoms with Crippen molar-refractivity contribution in [3.05, 3.63) is 24.0 Å². The van der Waals surface area contributed by atoms with Crippen molar-refractivity contribution in [2.24, 2.45) is 0 Å². The summed E-state index contributed by atoms with van der Waals surface area (Å²) in [5, 5.41) is 0. The fraction of sp³-hybridized carbons (Fsp3) is 0.571. The number of nitrogens with zero attached hydrogens (tertiary/aromatic N) is 1. The quantitative estimate of drug-likeness (QED) is 0.825. The summed E-state index contributed by atoms with van der Waals surface area (Å²) in [5.41, 5.74) is 5.74. The van der Waals surface area contributed by atoms with Crippen LogP contribution in [-0.2, 0) is 10.0 Å².